The highest BCUT2D eigenvalue weighted by Crippen LogP contribution is 2.34. The number of aliphatic hydroxyl groups excluding tert-OH is 3. The van der Waals surface area contributed by atoms with Crippen molar-refractivity contribution in [2.24, 2.45) is 17.6 Å². The van der Waals surface area contributed by atoms with Crippen molar-refractivity contribution in [3.8, 4) is 0 Å². The number of hydrogen-bond donors (Lipinski definition) is 7. The number of nitrogens with zero attached hydrogens (tertiary/aromatic N) is 1. The lowest BCUT2D eigenvalue weighted by atomic mass is 9.85. The van der Waals surface area contributed by atoms with Crippen molar-refractivity contribution in [1.29, 1.82) is 0 Å². The largest absolute Gasteiger partial charge is 0.481 e. The summed E-state index contributed by atoms with van der Waals surface area (Å²) in [6, 6.07) is 3.70. The topological polar surface area (TPSA) is 238 Å². The predicted molar refractivity (Wildman–Crippen MR) is 117 cm³/mol. The smallest absolute Gasteiger partial charge is 0.330 e. The Morgan fingerprint density at radius 2 is 1.77 bits per heavy atom. The molecule has 8 atom stereocenters. The van der Waals surface area contributed by atoms with Gasteiger partial charge in [0.05, 0.1) is 18.1 Å². The average Bonchev–Trinajstić information content (AvgIpc) is 3.09. The number of nitrogens with one attached hydrogen (secondary N) is 2. The third-order valence-corrected chi connectivity index (χ3v) is 6.08. The second kappa shape index (κ2) is 10.5. The normalized spacial score (nSPS) is 25.5. The number of carbonyl (C=O) groups is 2. The standard InChI is InChI=1S/C21H26N4O10/c1-8(15(29)10-3-2-4-12(27)23-10)14(22)11(26)7-9(20(32)33)18-16(30)17(31)19(35-18)25-6-5-13(28)24-21(25)34/h2-6,8-9,14-19,29-31H,7,22H2,1H3,(H,23,27)(H,32,33)(H,24,28,34)/t8-,9-,14-,15-,16?,17?,18?,19?/m0/s1. The van der Waals surface area contributed by atoms with E-state index in [0.717, 1.165) is 16.8 Å². The van der Waals surface area contributed by atoms with E-state index in [9.17, 15) is 44.4 Å². The molecule has 4 unspecified atom stereocenters. The fourth-order valence-corrected chi connectivity index (χ4v) is 3.98. The number of aromatic amines is 2. The predicted octanol–water partition coefficient (Wildman–Crippen LogP) is -2.80. The van der Waals surface area contributed by atoms with Crippen molar-refractivity contribution in [3.05, 3.63) is 67.3 Å². The molecular formula is C21H26N4O10. The van der Waals surface area contributed by atoms with E-state index in [4.69, 9.17) is 10.5 Å². The molecule has 8 N–H and O–H groups in total. The van der Waals surface area contributed by atoms with Gasteiger partial charge in [-0.15, -0.1) is 0 Å². The number of aromatic nitrogens is 3. The number of carboxylic acid groups (broad SMARTS) is 1. The average molecular weight is 494 g/mol. The molecule has 1 aliphatic heterocycles. The highest BCUT2D eigenvalue weighted by molar-refractivity contribution is 5.88. The van der Waals surface area contributed by atoms with Crippen molar-refractivity contribution in [2.45, 2.75) is 50.0 Å². The Morgan fingerprint density at radius 3 is 2.37 bits per heavy atom. The van der Waals surface area contributed by atoms with Crippen molar-refractivity contribution in [1.82, 2.24) is 14.5 Å². The van der Waals surface area contributed by atoms with Gasteiger partial charge in [0.25, 0.3) is 5.56 Å². The molecular weight excluding hydrogens is 468 g/mol. The Kier molecular flexibility index (Phi) is 7.82. The highest BCUT2D eigenvalue weighted by Gasteiger charge is 2.50. The fraction of sp³-hybridized carbons (Fsp3) is 0.476. The summed E-state index contributed by atoms with van der Waals surface area (Å²) in [6.07, 6.45) is -7.71. The van der Waals surface area contributed by atoms with Crippen LogP contribution in [0.4, 0.5) is 0 Å². The molecule has 0 radical (unpaired) electrons. The number of carboxylic acids is 1. The summed E-state index contributed by atoms with van der Waals surface area (Å²) in [5.74, 6) is -4.90. The number of hydrogen-bond acceptors (Lipinski definition) is 10. The van der Waals surface area contributed by atoms with Gasteiger partial charge >= 0.3 is 11.7 Å². The summed E-state index contributed by atoms with van der Waals surface area (Å²) in [4.78, 5) is 63.9. The van der Waals surface area contributed by atoms with Crippen LogP contribution in [0.1, 0.15) is 31.4 Å². The van der Waals surface area contributed by atoms with Crippen LogP contribution in [-0.2, 0) is 14.3 Å². The van der Waals surface area contributed by atoms with Crippen molar-refractivity contribution >= 4 is 11.8 Å². The summed E-state index contributed by atoms with van der Waals surface area (Å²) in [7, 11) is 0. The van der Waals surface area contributed by atoms with Crippen LogP contribution in [0.25, 0.3) is 0 Å². The van der Waals surface area contributed by atoms with Crippen molar-refractivity contribution < 1.29 is 34.8 Å². The summed E-state index contributed by atoms with van der Waals surface area (Å²) in [5.41, 5.74) is 3.95. The van der Waals surface area contributed by atoms with Crippen LogP contribution in [0.2, 0.25) is 0 Å². The van der Waals surface area contributed by atoms with Gasteiger partial charge in [-0.3, -0.25) is 28.7 Å². The van der Waals surface area contributed by atoms with E-state index in [1.54, 1.807) is 0 Å². The lowest BCUT2D eigenvalue weighted by molar-refractivity contribution is -0.153. The molecule has 0 saturated carbocycles. The summed E-state index contributed by atoms with van der Waals surface area (Å²) in [6.45, 7) is 1.44. The zero-order valence-corrected chi connectivity index (χ0v) is 18.5. The molecule has 3 heterocycles. The number of ether oxygens (including phenoxy) is 1. The van der Waals surface area contributed by atoms with Gasteiger partial charge in [0.15, 0.2) is 12.0 Å². The maximum absolute atomic E-state index is 12.8. The molecule has 0 aliphatic carbocycles. The molecule has 0 amide bonds. The van der Waals surface area contributed by atoms with Crippen LogP contribution in [-0.4, -0.2) is 71.1 Å². The van der Waals surface area contributed by atoms with E-state index in [0.29, 0.717) is 0 Å². The minimum atomic E-state index is -1.79. The molecule has 3 rings (SSSR count). The van der Waals surface area contributed by atoms with E-state index in [-0.39, 0.29) is 5.69 Å². The van der Waals surface area contributed by atoms with Gasteiger partial charge in [0, 0.05) is 36.4 Å². The van der Waals surface area contributed by atoms with Crippen molar-refractivity contribution in [3.63, 3.8) is 0 Å². The number of rotatable bonds is 9. The van der Waals surface area contributed by atoms with Crippen LogP contribution in [0.5, 0.6) is 0 Å². The Morgan fingerprint density at radius 1 is 1.11 bits per heavy atom. The van der Waals surface area contributed by atoms with Gasteiger partial charge in [0.2, 0.25) is 5.56 Å². The molecule has 0 spiro atoms. The van der Waals surface area contributed by atoms with Crippen molar-refractivity contribution in [2.75, 3.05) is 0 Å². The molecule has 1 fully saturated rings. The highest BCUT2D eigenvalue weighted by atomic mass is 16.6. The van der Waals surface area contributed by atoms with Gasteiger partial charge in [-0.1, -0.05) is 13.0 Å². The van der Waals surface area contributed by atoms with Crippen LogP contribution in [0.3, 0.4) is 0 Å². The SMILES string of the molecule is C[C@@H]([C@H](N)C(=O)C[C@H](C(=O)O)C1OC(n2ccc(=O)[nH]c2=O)C(O)C1O)[C@H](O)c1cccc(=O)[nH]1. The van der Waals surface area contributed by atoms with E-state index in [1.165, 1.54) is 25.1 Å². The fourth-order valence-electron chi connectivity index (χ4n) is 3.98. The molecule has 35 heavy (non-hydrogen) atoms. The summed E-state index contributed by atoms with van der Waals surface area (Å²) < 4.78 is 6.24. The first kappa shape index (κ1) is 26.2. The second-order valence-corrected chi connectivity index (χ2v) is 8.41. The third-order valence-electron chi connectivity index (χ3n) is 6.08. The summed E-state index contributed by atoms with van der Waals surface area (Å²) >= 11 is 0. The van der Waals surface area contributed by atoms with E-state index in [1.807, 2.05) is 4.98 Å². The third kappa shape index (κ3) is 5.47. The number of carbonyl (C=O) groups excluding carboxylic acids is 1. The zero-order chi connectivity index (χ0) is 26.0. The van der Waals surface area contributed by atoms with E-state index < -0.39 is 83.5 Å². The molecule has 0 bridgehead atoms. The van der Waals surface area contributed by atoms with Gasteiger partial charge in [-0.05, 0) is 6.07 Å². The molecule has 0 aromatic carbocycles. The Balaban J connectivity index is 1.77. The van der Waals surface area contributed by atoms with Gasteiger partial charge in [-0.2, -0.15) is 0 Å². The van der Waals surface area contributed by atoms with E-state index in [2.05, 4.69) is 4.98 Å². The van der Waals surface area contributed by atoms with Gasteiger partial charge in [-0.25, -0.2) is 4.79 Å². The zero-order valence-electron chi connectivity index (χ0n) is 18.5. The molecule has 2 aromatic heterocycles. The molecule has 14 nitrogen and oxygen atoms in total. The first-order valence-corrected chi connectivity index (χ1v) is 10.6. The van der Waals surface area contributed by atoms with Gasteiger partial charge < -0.3 is 35.9 Å². The first-order valence-electron chi connectivity index (χ1n) is 10.6. The van der Waals surface area contributed by atoms with Crippen LogP contribution < -0.4 is 22.5 Å². The number of aliphatic carboxylic acids is 1. The van der Waals surface area contributed by atoms with Crippen LogP contribution in [0, 0.1) is 11.8 Å². The minimum absolute atomic E-state index is 0.120. The molecule has 190 valence electrons. The Labute approximate surface area is 196 Å². The maximum Gasteiger partial charge on any atom is 0.330 e. The number of ketones is 1. The molecule has 14 heteroatoms. The minimum Gasteiger partial charge on any atom is -0.481 e. The van der Waals surface area contributed by atoms with E-state index >= 15 is 0 Å². The Hall–Kier alpha value is -3.43. The molecule has 1 aliphatic rings. The quantitative estimate of drug-likeness (QED) is 0.188. The number of aliphatic hydroxyl groups is 3. The molecule has 2 aromatic rings. The first-order chi connectivity index (χ1) is 16.4. The number of nitrogens with two attached hydrogens (primary N) is 1. The summed E-state index contributed by atoms with van der Waals surface area (Å²) in [5, 5.41) is 41.0. The molecule has 1 saturated heterocycles. The lowest BCUT2D eigenvalue weighted by Crippen LogP contribution is -2.45. The monoisotopic (exact) mass is 494 g/mol. The van der Waals surface area contributed by atoms with Crippen LogP contribution in [0.15, 0.2) is 44.8 Å². The number of pyridine rings is 1. The maximum atomic E-state index is 12.8. The second-order valence-electron chi connectivity index (χ2n) is 8.41. The lowest BCUT2D eigenvalue weighted by Gasteiger charge is -2.27. The number of H-pyrrole nitrogens is 2. The Bertz CT molecular complexity index is 1250. The number of Topliss-reactive ketones (excluding diaryl/α,β-unsaturated/α-hetero) is 1. The van der Waals surface area contributed by atoms with Crippen LogP contribution >= 0.6 is 0 Å². The van der Waals surface area contributed by atoms with Gasteiger partial charge in [0.1, 0.15) is 18.3 Å².